The Morgan fingerprint density at radius 3 is 2.68 bits per heavy atom. The number of hydrogen-bond acceptors (Lipinski definition) is 3. The zero-order valence-corrected chi connectivity index (χ0v) is 15.1. The van der Waals surface area contributed by atoms with Gasteiger partial charge in [-0.2, -0.15) is 13.2 Å². The van der Waals surface area contributed by atoms with Gasteiger partial charge in [-0.3, -0.25) is 14.6 Å². The predicted molar refractivity (Wildman–Crippen MR) is 99.2 cm³/mol. The second-order valence-corrected chi connectivity index (χ2v) is 6.25. The molecule has 0 aliphatic carbocycles. The van der Waals surface area contributed by atoms with Crippen LogP contribution in [0.4, 0.5) is 13.2 Å². The molecule has 3 aromatic rings. The van der Waals surface area contributed by atoms with Crippen LogP contribution in [0.25, 0.3) is 10.9 Å². The molecule has 0 aliphatic rings. The molecule has 5 nitrogen and oxygen atoms in total. The summed E-state index contributed by atoms with van der Waals surface area (Å²) in [5.41, 5.74) is -0.548. The predicted octanol–water partition coefficient (Wildman–Crippen LogP) is 3.41. The van der Waals surface area contributed by atoms with Gasteiger partial charge in [0, 0.05) is 37.1 Å². The summed E-state index contributed by atoms with van der Waals surface area (Å²) < 4.78 is 40.7. The molecule has 0 unspecified atom stereocenters. The summed E-state index contributed by atoms with van der Waals surface area (Å²) in [6.07, 6.45) is 0.648. The van der Waals surface area contributed by atoms with Crippen LogP contribution in [0, 0.1) is 0 Å². The summed E-state index contributed by atoms with van der Waals surface area (Å²) in [6, 6.07) is 6.63. The van der Waals surface area contributed by atoms with E-state index in [0.29, 0.717) is 18.5 Å². The maximum atomic E-state index is 13.0. The molecule has 2 aromatic heterocycles. The molecule has 28 heavy (non-hydrogen) atoms. The Labute approximate surface area is 158 Å². The Balaban J connectivity index is 1.92. The lowest BCUT2D eigenvalue weighted by molar-refractivity contribution is -0.137. The molecule has 0 aliphatic heterocycles. The van der Waals surface area contributed by atoms with Crippen molar-refractivity contribution in [3.05, 3.63) is 75.8 Å². The number of rotatable bonds is 5. The molecular formula is C20H18F3N3O2. The molecule has 8 heteroatoms. The number of aromatic nitrogens is 2. The molecule has 0 saturated carbocycles. The summed E-state index contributed by atoms with van der Waals surface area (Å²) in [5.74, 6) is -0.615. The summed E-state index contributed by atoms with van der Waals surface area (Å²) in [5, 5.41) is 2.52. The van der Waals surface area contributed by atoms with Gasteiger partial charge in [-0.1, -0.05) is 6.07 Å². The Bertz CT molecular complexity index is 1060. The minimum atomic E-state index is -4.57. The van der Waals surface area contributed by atoms with Crippen molar-refractivity contribution in [2.24, 2.45) is 0 Å². The zero-order valence-electron chi connectivity index (χ0n) is 15.1. The van der Waals surface area contributed by atoms with E-state index in [1.54, 1.807) is 30.0 Å². The molecular weight excluding hydrogens is 371 g/mol. The number of fused-ring (bicyclic) bond motifs is 1. The van der Waals surface area contributed by atoms with Gasteiger partial charge in [0.05, 0.1) is 11.1 Å². The fraction of sp³-hybridized carbons (Fsp3) is 0.250. The first-order valence-corrected chi connectivity index (χ1v) is 8.72. The molecule has 0 saturated heterocycles. The smallest absolute Gasteiger partial charge is 0.352 e. The number of nitrogens with zero attached hydrogens (tertiary/aromatic N) is 2. The second-order valence-electron chi connectivity index (χ2n) is 6.25. The molecule has 0 spiro atoms. The third kappa shape index (κ3) is 4.05. The number of alkyl halides is 3. The number of aryl methyl sites for hydroxylation is 1. The number of hydrogen-bond donors (Lipinski definition) is 1. The molecule has 146 valence electrons. The first-order chi connectivity index (χ1) is 13.3. The van der Waals surface area contributed by atoms with Crippen molar-refractivity contribution in [1.82, 2.24) is 14.9 Å². The number of nitrogens with one attached hydrogen (secondary N) is 1. The van der Waals surface area contributed by atoms with Gasteiger partial charge in [0.1, 0.15) is 5.56 Å². The van der Waals surface area contributed by atoms with E-state index in [9.17, 15) is 22.8 Å². The van der Waals surface area contributed by atoms with Crippen LogP contribution in [0.5, 0.6) is 0 Å². The molecule has 1 aromatic carbocycles. The lowest BCUT2D eigenvalue weighted by Gasteiger charge is -2.14. The minimum Gasteiger partial charge on any atom is -0.352 e. The number of carbonyl (C=O) groups is 1. The van der Waals surface area contributed by atoms with E-state index in [0.717, 1.165) is 17.7 Å². The molecule has 1 N–H and O–H groups in total. The van der Waals surface area contributed by atoms with Crippen molar-refractivity contribution in [3.63, 3.8) is 0 Å². The fourth-order valence-corrected chi connectivity index (χ4v) is 2.96. The SMILES string of the molecule is CCn1cc(C(=O)NCCc2cccnc2)c(=O)c2cc(C(F)(F)F)ccc21. The third-order valence-electron chi connectivity index (χ3n) is 4.41. The highest BCUT2D eigenvalue weighted by Crippen LogP contribution is 2.30. The Morgan fingerprint density at radius 2 is 2.04 bits per heavy atom. The topological polar surface area (TPSA) is 64.0 Å². The number of halogens is 3. The van der Waals surface area contributed by atoms with E-state index < -0.39 is 23.1 Å². The van der Waals surface area contributed by atoms with E-state index in [1.165, 1.54) is 12.3 Å². The van der Waals surface area contributed by atoms with Crippen LogP contribution in [0.3, 0.4) is 0 Å². The van der Waals surface area contributed by atoms with E-state index in [2.05, 4.69) is 10.3 Å². The molecule has 0 fully saturated rings. The highest BCUT2D eigenvalue weighted by Gasteiger charge is 2.31. The average Bonchev–Trinajstić information content (AvgIpc) is 2.68. The van der Waals surface area contributed by atoms with Crippen molar-refractivity contribution >= 4 is 16.8 Å². The van der Waals surface area contributed by atoms with Crippen LogP contribution in [-0.4, -0.2) is 22.0 Å². The van der Waals surface area contributed by atoms with E-state index in [-0.39, 0.29) is 17.5 Å². The van der Waals surface area contributed by atoms with Gasteiger partial charge >= 0.3 is 6.18 Å². The zero-order chi connectivity index (χ0) is 20.3. The number of carbonyl (C=O) groups excluding carboxylic acids is 1. The number of pyridine rings is 2. The van der Waals surface area contributed by atoms with Crippen LogP contribution in [0.2, 0.25) is 0 Å². The Kier molecular flexibility index (Phi) is 5.48. The third-order valence-corrected chi connectivity index (χ3v) is 4.41. The largest absolute Gasteiger partial charge is 0.416 e. The lowest BCUT2D eigenvalue weighted by atomic mass is 10.1. The summed E-state index contributed by atoms with van der Waals surface area (Å²) >= 11 is 0. The average molecular weight is 389 g/mol. The van der Waals surface area contributed by atoms with Gasteiger partial charge in [0.15, 0.2) is 0 Å². The normalized spacial score (nSPS) is 11.6. The lowest BCUT2D eigenvalue weighted by Crippen LogP contribution is -2.31. The van der Waals surface area contributed by atoms with Gasteiger partial charge in [-0.15, -0.1) is 0 Å². The van der Waals surface area contributed by atoms with E-state index in [4.69, 9.17) is 0 Å². The van der Waals surface area contributed by atoms with Crippen molar-refractivity contribution in [2.75, 3.05) is 6.54 Å². The van der Waals surface area contributed by atoms with Crippen LogP contribution in [0.1, 0.15) is 28.4 Å². The summed E-state index contributed by atoms with van der Waals surface area (Å²) in [7, 11) is 0. The minimum absolute atomic E-state index is 0.128. The maximum absolute atomic E-state index is 13.0. The van der Waals surface area contributed by atoms with Gasteiger partial charge < -0.3 is 9.88 Å². The Hall–Kier alpha value is -3.16. The van der Waals surface area contributed by atoms with E-state index >= 15 is 0 Å². The quantitative estimate of drug-likeness (QED) is 0.727. The standard InChI is InChI=1S/C20H18F3N3O2/c1-2-26-12-16(19(28)25-9-7-13-4-3-8-24-11-13)18(27)15-10-14(20(21,22)23)5-6-17(15)26/h3-6,8,10-12H,2,7,9H2,1H3,(H,25,28). The number of benzene rings is 1. The first kappa shape index (κ1) is 19.6. The number of amides is 1. The van der Waals surface area contributed by atoms with Crippen LogP contribution in [-0.2, 0) is 19.1 Å². The highest BCUT2D eigenvalue weighted by molar-refractivity contribution is 5.97. The Morgan fingerprint density at radius 1 is 1.25 bits per heavy atom. The van der Waals surface area contributed by atoms with Crippen LogP contribution >= 0.6 is 0 Å². The van der Waals surface area contributed by atoms with E-state index in [1.807, 2.05) is 6.07 Å². The monoisotopic (exact) mass is 389 g/mol. The van der Waals surface area contributed by atoms with Crippen molar-refractivity contribution < 1.29 is 18.0 Å². The molecule has 1 amide bonds. The second kappa shape index (κ2) is 7.84. The van der Waals surface area contributed by atoms with Gasteiger partial charge in [0.25, 0.3) is 5.91 Å². The molecule has 0 bridgehead atoms. The van der Waals surface area contributed by atoms with Gasteiger partial charge in [0.2, 0.25) is 5.43 Å². The fourth-order valence-electron chi connectivity index (χ4n) is 2.96. The first-order valence-electron chi connectivity index (χ1n) is 8.72. The molecule has 2 heterocycles. The summed E-state index contributed by atoms with van der Waals surface area (Å²) in [6.45, 7) is 2.46. The van der Waals surface area contributed by atoms with Crippen LogP contribution in [0.15, 0.2) is 53.7 Å². The maximum Gasteiger partial charge on any atom is 0.416 e. The summed E-state index contributed by atoms with van der Waals surface area (Å²) in [4.78, 5) is 29.2. The van der Waals surface area contributed by atoms with Crippen LogP contribution < -0.4 is 10.7 Å². The van der Waals surface area contributed by atoms with Gasteiger partial charge in [-0.25, -0.2) is 0 Å². The molecule has 0 atom stereocenters. The van der Waals surface area contributed by atoms with Gasteiger partial charge in [-0.05, 0) is 43.2 Å². The van der Waals surface area contributed by atoms with Crippen molar-refractivity contribution in [2.45, 2.75) is 26.1 Å². The highest BCUT2D eigenvalue weighted by atomic mass is 19.4. The molecule has 3 rings (SSSR count). The molecule has 0 radical (unpaired) electrons. The van der Waals surface area contributed by atoms with Crippen molar-refractivity contribution in [3.8, 4) is 0 Å². The van der Waals surface area contributed by atoms with Crippen molar-refractivity contribution in [1.29, 1.82) is 0 Å².